The number of alkyl halides is 2. The molecule has 3 N–H and O–H groups in total. The van der Waals surface area contributed by atoms with E-state index >= 15 is 0 Å². The summed E-state index contributed by atoms with van der Waals surface area (Å²) < 4.78 is 78.1. The fourth-order valence-electron chi connectivity index (χ4n) is 4.54. The van der Waals surface area contributed by atoms with Crippen LogP contribution in [0.25, 0.3) is 0 Å². The zero-order chi connectivity index (χ0) is 35.9. The van der Waals surface area contributed by atoms with Gasteiger partial charge in [-0.25, -0.2) is 23.0 Å². The van der Waals surface area contributed by atoms with Crippen LogP contribution in [0.5, 0.6) is 17.2 Å². The molecule has 1 saturated carbocycles. The number of benzene rings is 2. The number of carbonyl (C=O) groups is 3. The number of primary amides is 1. The number of nitrogens with two attached hydrogens (primary N) is 1. The lowest BCUT2D eigenvalue weighted by Crippen LogP contribution is -2.38. The fraction of sp³-hybridized carbons (Fsp3) is 0.355. The van der Waals surface area contributed by atoms with Crippen LogP contribution in [0.15, 0.2) is 48.8 Å². The molecule has 4 rings (SSSR count). The number of rotatable bonds is 17. The summed E-state index contributed by atoms with van der Waals surface area (Å²) in [6.45, 7) is -4.48. The van der Waals surface area contributed by atoms with Crippen molar-refractivity contribution in [1.82, 2.24) is 0 Å². The number of hydrogen-bond donors (Lipinski definition) is 1. The number of sulfonamides is 1. The van der Waals surface area contributed by atoms with Gasteiger partial charge < -0.3 is 29.4 Å². The molecule has 13 nitrogen and oxygen atoms in total. The number of nitrogens with one attached hydrogen (secondary N) is 1. The summed E-state index contributed by atoms with van der Waals surface area (Å²) in [4.78, 5) is 40.4. The summed E-state index contributed by atoms with van der Waals surface area (Å²) in [6.07, 6.45) is 4.43. The summed E-state index contributed by atoms with van der Waals surface area (Å²) in [5, 5.41) is 0.440. The lowest BCUT2D eigenvalue weighted by atomic mass is 10.0. The van der Waals surface area contributed by atoms with E-state index in [0.29, 0.717) is 15.4 Å². The standard InChI is InChI=1S/C31H31Cl2F2N3O10S/c1-44-24-7-6-19(9-23(24)38(14-28(36)39)49(2,42)43)30(41)46-16-29(40)47-26(11-20-21(32)12-37-13-22(20)33)18-5-8-25(48-31(34)35)27(10-18)45-15-17-3-4-17/h5-10,12-13,17,26,31H,3-4,11,14-16H2,1-2H3,(H2,36,39)/p+1/t26-/m0/s1. The molecule has 3 aromatic rings. The Hall–Kier alpha value is -4.41. The van der Waals surface area contributed by atoms with E-state index < -0.39 is 53.7 Å². The van der Waals surface area contributed by atoms with Crippen molar-refractivity contribution in [3.05, 3.63) is 75.5 Å². The van der Waals surface area contributed by atoms with E-state index in [0.717, 1.165) is 25.2 Å². The van der Waals surface area contributed by atoms with Crippen molar-refractivity contribution in [3.8, 4) is 17.2 Å². The van der Waals surface area contributed by atoms with Crippen LogP contribution < -0.4 is 29.2 Å². The van der Waals surface area contributed by atoms with Crippen LogP contribution in [0, 0.1) is 5.92 Å². The Kier molecular flexibility index (Phi) is 12.5. The Morgan fingerprint density at radius 2 is 1.71 bits per heavy atom. The Labute approximate surface area is 290 Å². The highest BCUT2D eigenvalue weighted by Gasteiger charge is 2.28. The van der Waals surface area contributed by atoms with Crippen LogP contribution in [0.3, 0.4) is 0 Å². The maximum atomic E-state index is 13.1. The molecule has 49 heavy (non-hydrogen) atoms. The zero-order valence-corrected chi connectivity index (χ0v) is 28.4. The molecule has 0 spiro atoms. The number of H-pyrrole nitrogens is 1. The van der Waals surface area contributed by atoms with Crippen molar-refractivity contribution >= 4 is 56.8 Å². The first kappa shape index (κ1) is 37.4. The average molecular weight is 748 g/mol. The molecular weight excluding hydrogens is 715 g/mol. The number of hydrogen-bond acceptors (Lipinski definition) is 10. The largest absolute Gasteiger partial charge is 0.495 e. The molecule has 1 aliphatic rings. The highest BCUT2D eigenvalue weighted by atomic mass is 35.5. The van der Waals surface area contributed by atoms with Gasteiger partial charge in [0.15, 0.2) is 30.5 Å². The van der Waals surface area contributed by atoms with Gasteiger partial charge >= 0.3 is 18.6 Å². The van der Waals surface area contributed by atoms with Crippen molar-refractivity contribution in [3.63, 3.8) is 0 Å². The Balaban J connectivity index is 1.57. The molecule has 2 aromatic carbocycles. The van der Waals surface area contributed by atoms with Crippen LogP contribution in [0.4, 0.5) is 14.5 Å². The van der Waals surface area contributed by atoms with Gasteiger partial charge in [0.1, 0.15) is 28.4 Å². The number of aromatic amines is 1. The number of anilines is 1. The number of pyridine rings is 1. The van der Waals surface area contributed by atoms with Crippen LogP contribution in [-0.2, 0) is 35.5 Å². The van der Waals surface area contributed by atoms with Gasteiger partial charge in [0, 0.05) is 12.0 Å². The van der Waals surface area contributed by atoms with E-state index in [1.54, 1.807) is 0 Å². The molecule has 18 heteroatoms. The van der Waals surface area contributed by atoms with Crippen molar-refractivity contribution in [2.24, 2.45) is 11.7 Å². The second kappa shape index (κ2) is 16.3. The minimum absolute atomic E-state index is 0.00514. The number of carbonyl (C=O) groups excluding carboxylic acids is 3. The van der Waals surface area contributed by atoms with Gasteiger partial charge in [-0.15, -0.1) is 0 Å². The fourth-order valence-corrected chi connectivity index (χ4v) is 5.94. The Morgan fingerprint density at radius 1 is 1.04 bits per heavy atom. The molecule has 1 amide bonds. The maximum absolute atomic E-state index is 13.1. The third kappa shape index (κ3) is 10.5. The van der Waals surface area contributed by atoms with Crippen LogP contribution in [0.2, 0.25) is 10.0 Å². The van der Waals surface area contributed by atoms with E-state index in [4.69, 9.17) is 47.9 Å². The maximum Gasteiger partial charge on any atom is 0.387 e. The predicted octanol–water partition coefficient (Wildman–Crippen LogP) is 4.14. The first-order chi connectivity index (χ1) is 23.2. The van der Waals surface area contributed by atoms with E-state index in [2.05, 4.69) is 9.72 Å². The topological polar surface area (TPSA) is 175 Å². The molecule has 0 unspecified atom stereocenters. The second-order valence-electron chi connectivity index (χ2n) is 10.9. The van der Waals surface area contributed by atoms with E-state index in [1.165, 1.54) is 49.8 Å². The van der Waals surface area contributed by atoms with E-state index in [-0.39, 0.29) is 57.5 Å². The van der Waals surface area contributed by atoms with Crippen LogP contribution in [-0.4, -0.2) is 66.0 Å². The average Bonchev–Trinajstić information content (AvgIpc) is 3.87. The highest BCUT2D eigenvalue weighted by molar-refractivity contribution is 7.92. The van der Waals surface area contributed by atoms with Gasteiger partial charge in [-0.2, -0.15) is 8.78 Å². The van der Waals surface area contributed by atoms with Gasteiger partial charge in [-0.3, -0.25) is 9.10 Å². The van der Waals surface area contributed by atoms with Crippen molar-refractivity contribution in [2.45, 2.75) is 32.0 Å². The number of esters is 2. The number of amides is 1. The van der Waals surface area contributed by atoms with Gasteiger partial charge in [0.2, 0.25) is 15.9 Å². The minimum atomic E-state index is -4.05. The third-order valence-corrected chi connectivity index (χ3v) is 8.89. The van der Waals surface area contributed by atoms with Crippen molar-refractivity contribution < 1.29 is 60.3 Å². The number of aromatic nitrogens is 1. The smallest absolute Gasteiger partial charge is 0.387 e. The van der Waals surface area contributed by atoms with E-state index in [9.17, 15) is 31.6 Å². The van der Waals surface area contributed by atoms with Gasteiger partial charge in [0.25, 0.3) is 0 Å². The summed E-state index contributed by atoms with van der Waals surface area (Å²) in [6, 6.07) is 7.69. The molecule has 0 bridgehead atoms. The zero-order valence-electron chi connectivity index (χ0n) is 26.1. The Morgan fingerprint density at radius 3 is 2.31 bits per heavy atom. The molecule has 0 radical (unpaired) electrons. The van der Waals surface area contributed by atoms with E-state index in [1.807, 2.05) is 0 Å². The quantitative estimate of drug-likeness (QED) is 0.198. The number of methoxy groups -OCH3 is 1. The first-order valence-electron chi connectivity index (χ1n) is 14.5. The normalized spacial score (nSPS) is 13.4. The summed E-state index contributed by atoms with van der Waals surface area (Å²) in [5.41, 5.74) is 5.56. The molecule has 1 heterocycles. The molecule has 0 saturated heterocycles. The Bertz CT molecular complexity index is 1790. The third-order valence-electron chi connectivity index (χ3n) is 7.09. The van der Waals surface area contributed by atoms with Crippen molar-refractivity contribution in [1.29, 1.82) is 0 Å². The number of ether oxygens (including phenoxy) is 5. The predicted molar refractivity (Wildman–Crippen MR) is 172 cm³/mol. The molecular formula is C31H32Cl2F2N3O10S+. The van der Waals surface area contributed by atoms with Gasteiger partial charge in [-0.05, 0) is 54.7 Å². The highest BCUT2D eigenvalue weighted by Crippen LogP contribution is 2.38. The number of halogens is 4. The summed E-state index contributed by atoms with van der Waals surface area (Å²) >= 11 is 12.7. The lowest BCUT2D eigenvalue weighted by Gasteiger charge is -2.23. The number of nitrogens with zero attached hydrogens (tertiary/aromatic N) is 1. The summed E-state index contributed by atoms with van der Waals surface area (Å²) in [7, 11) is -2.80. The second-order valence-corrected chi connectivity index (χ2v) is 13.6. The SMILES string of the molecule is COc1ccc(C(=O)OCC(=O)O[C@@H](Cc2c(Cl)c[nH+]cc2Cl)c2ccc(OC(F)F)c(OCC3CC3)c2)cc1N(CC(N)=O)S(C)(=O)=O. The minimum Gasteiger partial charge on any atom is -0.495 e. The lowest BCUT2D eigenvalue weighted by molar-refractivity contribution is -0.377. The first-order valence-corrected chi connectivity index (χ1v) is 17.1. The molecule has 1 fully saturated rings. The van der Waals surface area contributed by atoms with Crippen molar-refractivity contribution in [2.75, 3.05) is 37.4 Å². The monoisotopic (exact) mass is 746 g/mol. The molecule has 1 aromatic heterocycles. The molecule has 1 aliphatic carbocycles. The van der Waals surface area contributed by atoms with Crippen LogP contribution in [0.1, 0.15) is 40.4 Å². The summed E-state index contributed by atoms with van der Waals surface area (Å²) in [5.74, 6) is -2.94. The molecule has 1 atom stereocenters. The van der Waals surface area contributed by atoms with Crippen LogP contribution >= 0.6 is 23.2 Å². The molecule has 0 aliphatic heterocycles. The van der Waals surface area contributed by atoms with Gasteiger partial charge in [0.05, 0.1) is 31.2 Å². The molecule has 264 valence electrons. The van der Waals surface area contributed by atoms with Gasteiger partial charge in [-0.1, -0.05) is 29.3 Å².